The van der Waals surface area contributed by atoms with Crippen LogP contribution in [0.3, 0.4) is 0 Å². The molecule has 2 aromatic rings. The van der Waals surface area contributed by atoms with Crippen molar-refractivity contribution in [1.29, 1.82) is 0 Å². The van der Waals surface area contributed by atoms with Gasteiger partial charge >= 0.3 is 0 Å². The van der Waals surface area contributed by atoms with Crippen molar-refractivity contribution in [3.63, 3.8) is 0 Å². The minimum Gasteiger partial charge on any atom is -0.371 e. The molecule has 4 heteroatoms. The third kappa shape index (κ3) is 5.01. The van der Waals surface area contributed by atoms with Gasteiger partial charge < -0.3 is 10.2 Å². The zero-order valence-corrected chi connectivity index (χ0v) is 16.3. The number of halogens is 1. The Balaban J connectivity index is 1.57. The molecule has 0 unspecified atom stereocenters. The molecule has 1 aliphatic rings. The van der Waals surface area contributed by atoms with Crippen molar-refractivity contribution in [3.05, 3.63) is 64.7 Å². The van der Waals surface area contributed by atoms with Crippen molar-refractivity contribution >= 4 is 23.2 Å². The molecule has 2 atom stereocenters. The zero-order valence-electron chi connectivity index (χ0n) is 15.5. The van der Waals surface area contributed by atoms with Gasteiger partial charge in [0.2, 0.25) is 5.91 Å². The molecule has 0 bridgehead atoms. The monoisotopic (exact) mass is 370 g/mol. The SMILES string of the molecule is C[C@@H]1CCCN(c2ccc([C@@H](C)NC(=O)Cc3cccc(Cl)c3)cc2)C1. The molecule has 3 nitrogen and oxygen atoms in total. The number of piperidine rings is 1. The number of nitrogens with zero attached hydrogens (tertiary/aromatic N) is 1. The molecule has 26 heavy (non-hydrogen) atoms. The van der Waals surface area contributed by atoms with Crippen LogP contribution in [0.15, 0.2) is 48.5 Å². The van der Waals surface area contributed by atoms with Gasteiger partial charge in [-0.3, -0.25) is 4.79 Å². The molecule has 0 spiro atoms. The minimum absolute atomic E-state index is 0.00805. The molecule has 1 saturated heterocycles. The second-order valence-corrected chi connectivity index (χ2v) is 7.82. The van der Waals surface area contributed by atoms with Crippen LogP contribution in [0.2, 0.25) is 5.02 Å². The van der Waals surface area contributed by atoms with Crippen LogP contribution in [0.25, 0.3) is 0 Å². The van der Waals surface area contributed by atoms with Crippen LogP contribution in [0, 0.1) is 5.92 Å². The summed E-state index contributed by atoms with van der Waals surface area (Å²) >= 11 is 5.98. The van der Waals surface area contributed by atoms with Crippen LogP contribution >= 0.6 is 11.6 Å². The van der Waals surface area contributed by atoms with Gasteiger partial charge in [0, 0.05) is 23.8 Å². The van der Waals surface area contributed by atoms with Gasteiger partial charge in [-0.25, -0.2) is 0 Å². The second kappa shape index (κ2) is 8.59. The van der Waals surface area contributed by atoms with E-state index in [2.05, 4.69) is 41.4 Å². The molecule has 0 radical (unpaired) electrons. The van der Waals surface area contributed by atoms with E-state index >= 15 is 0 Å². The number of carbonyl (C=O) groups excluding carboxylic acids is 1. The first-order valence-corrected chi connectivity index (χ1v) is 9.78. The summed E-state index contributed by atoms with van der Waals surface area (Å²) in [4.78, 5) is 14.8. The predicted octanol–water partition coefficient (Wildman–Crippen LogP) is 5.00. The Bertz CT molecular complexity index is 744. The van der Waals surface area contributed by atoms with E-state index in [4.69, 9.17) is 11.6 Å². The molecular formula is C22H27ClN2O. The predicted molar refractivity (Wildman–Crippen MR) is 109 cm³/mol. The number of anilines is 1. The van der Waals surface area contributed by atoms with Gasteiger partial charge in [-0.2, -0.15) is 0 Å². The van der Waals surface area contributed by atoms with Gasteiger partial charge in [-0.05, 0) is 61.1 Å². The van der Waals surface area contributed by atoms with Crippen LogP contribution in [0.5, 0.6) is 0 Å². The Morgan fingerprint density at radius 2 is 2.04 bits per heavy atom. The number of benzene rings is 2. The number of carbonyl (C=O) groups is 1. The van der Waals surface area contributed by atoms with Gasteiger partial charge in [0.1, 0.15) is 0 Å². The fourth-order valence-corrected chi connectivity index (χ4v) is 3.82. The van der Waals surface area contributed by atoms with Crippen LogP contribution < -0.4 is 10.2 Å². The third-order valence-electron chi connectivity index (χ3n) is 5.05. The Labute approximate surface area is 161 Å². The van der Waals surface area contributed by atoms with E-state index in [1.807, 2.05) is 31.2 Å². The van der Waals surface area contributed by atoms with Gasteiger partial charge in [-0.15, -0.1) is 0 Å². The highest BCUT2D eigenvalue weighted by Crippen LogP contribution is 2.24. The third-order valence-corrected chi connectivity index (χ3v) is 5.28. The zero-order chi connectivity index (χ0) is 18.5. The lowest BCUT2D eigenvalue weighted by atomic mass is 9.99. The van der Waals surface area contributed by atoms with E-state index in [1.54, 1.807) is 0 Å². The molecule has 2 aromatic carbocycles. The number of rotatable bonds is 5. The maximum Gasteiger partial charge on any atom is 0.224 e. The van der Waals surface area contributed by atoms with Crippen LogP contribution in [-0.2, 0) is 11.2 Å². The van der Waals surface area contributed by atoms with Crippen molar-refractivity contribution < 1.29 is 4.79 Å². The molecule has 1 amide bonds. The molecule has 0 saturated carbocycles. The maximum atomic E-state index is 12.3. The molecule has 1 heterocycles. The topological polar surface area (TPSA) is 32.3 Å². The first-order valence-electron chi connectivity index (χ1n) is 9.40. The molecule has 1 aliphatic heterocycles. The van der Waals surface area contributed by atoms with Crippen LogP contribution in [-0.4, -0.2) is 19.0 Å². The Kier molecular flexibility index (Phi) is 6.20. The van der Waals surface area contributed by atoms with E-state index in [0.29, 0.717) is 11.4 Å². The summed E-state index contributed by atoms with van der Waals surface area (Å²) in [6, 6.07) is 16.0. The van der Waals surface area contributed by atoms with Gasteiger partial charge in [0.05, 0.1) is 12.5 Å². The van der Waals surface area contributed by atoms with Crippen molar-refractivity contribution in [1.82, 2.24) is 5.32 Å². The van der Waals surface area contributed by atoms with E-state index < -0.39 is 0 Å². The first-order chi connectivity index (χ1) is 12.5. The normalized spacial score (nSPS) is 18.4. The highest BCUT2D eigenvalue weighted by Gasteiger charge is 2.17. The summed E-state index contributed by atoms with van der Waals surface area (Å²) in [7, 11) is 0. The van der Waals surface area contributed by atoms with Crippen molar-refractivity contribution in [3.8, 4) is 0 Å². The fourth-order valence-electron chi connectivity index (χ4n) is 3.61. The maximum absolute atomic E-state index is 12.3. The molecule has 1 N–H and O–H groups in total. The van der Waals surface area contributed by atoms with Gasteiger partial charge in [0.15, 0.2) is 0 Å². The van der Waals surface area contributed by atoms with Gasteiger partial charge in [0.25, 0.3) is 0 Å². The molecular weight excluding hydrogens is 344 g/mol. The van der Waals surface area contributed by atoms with E-state index in [0.717, 1.165) is 30.1 Å². The molecule has 3 rings (SSSR count). The average molecular weight is 371 g/mol. The first kappa shape index (κ1) is 18.8. The van der Waals surface area contributed by atoms with Crippen LogP contribution in [0.4, 0.5) is 5.69 Å². The molecule has 0 aliphatic carbocycles. The fraction of sp³-hybridized carbons (Fsp3) is 0.409. The summed E-state index contributed by atoms with van der Waals surface area (Å²) in [6.07, 6.45) is 2.93. The summed E-state index contributed by atoms with van der Waals surface area (Å²) in [6.45, 7) is 6.60. The van der Waals surface area contributed by atoms with E-state index in [9.17, 15) is 4.79 Å². The molecule has 1 fully saturated rings. The van der Waals surface area contributed by atoms with Crippen molar-refractivity contribution in [2.75, 3.05) is 18.0 Å². The lowest BCUT2D eigenvalue weighted by Gasteiger charge is -2.33. The highest BCUT2D eigenvalue weighted by atomic mass is 35.5. The quantitative estimate of drug-likeness (QED) is 0.803. The van der Waals surface area contributed by atoms with E-state index in [-0.39, 0.29) is 11.9 Å². The Morgan fingerprint density at radius 3 is 2.73 bits per heavy atom. The highest BCUT2D eigenvalue weighted by molar-refractivity contribution is 6.30. The smallest absolute Gasteiger partial charge is 0.224 e. The van der Waals surface area contributed by atoms with Gasteiger partial charge in [-0.1, -0.05) is 42.8 Å². The Hall–Kier alpha value is -2.00. The summed E-state index contributed by atoms with van der Waals surface area (Å²) in [5, 5.41) is 3.73. The molecule has 0 aromatic heterocycles. The van der Waals surface area contributed by atoms with E-state index in [1.165, 1.54) is 18.5 Å². The summed E-state index contributed by atoms with van der Waals surface area (Å²) in [5.41, 5.74) is 3.33. The van der Waals surface area contributed by atoms with Crippen molar-refractivity contribution in [2.24, 2.45) is 5.92 Å². The Morgan fingerprint density at radius 1 is 1.27 bits per heavy atom. The van der Waals surface area contributed by atoms with Crippen molar-refractivity contribution in [2.45, 2.75) is 39.2 Å². The summed E-state index contributed by atoms with van der Waals surface area (Å²) in [5.74, 6) is 0.766. The number of hydrogen-bond donors (Lipinski definition) is 1. The largest absolute Gasteiger partial charge is 0.371 e. The lowest BCUT2D eigenvalue weighted by Crippen LogP contribution is -2.34. The number of hydrogen-bond acceptors (Lipinski definition) is 2. The average Bonchev–Trinajstić information content (AvgIpc) is 2.61. The second-order valence-electron chi connectivity index (χ2n) is 7.38. The number of amides is 1. The summed E-state index contributed by atoms with van der Waals surface area (Å²) < 4.78 is 0. The standard InChI is InChI=1S/C22H27ClN2O/c1-16-5-4-12-25(15-16)21-10-8-19(9-11-21)17(2)24-22(26)14-18-6-3-7-20(23)13-18/h3,6-11,13,16-17H,4-5,12,14-15H2,1-2H3,(H,24,26)/t16-,17-/m1/s1. The number of nitrogens with one attached hydrogen (secondary N) is 1. The van der Waals surface area contributed by atoms with Crippen LogP contribution in [0.1, 0.15) is 43.9 Å². The molecule has 138 valence electrons. The lowest BCUT2D eigenvalue weighted by molar-refractivity contribution is -0.121. The minimum atomic E-state index is -0.0176.